The summed E-state index contributed by atoms with van der Waals surface area (Å²) in [6.07, 6.45) is 1.19. The van der Waals surface area contributed by atoms with E-state index < -0.39 is 11.9 Å². The van der Waals surface area contributed by atoms with Crippen molar-refractivity contribution < 1.29 is 14.7 Å². The van der Waals surface area contributed by atoms with Crippen LogP contribution < -0.4 is 5.32 Å². The Morgan fingerprint density at radius 2 is 2.09 bits per heavy atom. The van der Waals surface area contributed by atoms with Gasteiger partial charge in [-0.1, -0.05) is 36.8 Å². The van der Waals surface area contributed by atoms with E-state index in [2.05, 4.69) is 5.32 Å². The van der Waals surface area contributed by atoms with Crippen molar-refractivity contribution in [1.29, 1.82) is 0 Å². The monoisotopic (exact) mass is 331 g/mol. The number of nitrogens with one attached hydrogen (secondary N) is 1. The van der Waals surface area contributed by atoms with Gasteiger partial charge in [0.15, 0.2) is 0 Å². The summed E-state index contributed by atoms with van der Waals surface area (Å²) >= 11 is 1.39. The number of carboxylic acid groups (broad SMARTS) is 1. The minimum atomic E-state index is -0.895. The van der Waals surface area contributed by atoms with Crippen molar-refractivity contribution in [3.05, 3.63) is 57.3 Å². The third-order valence-corrected chi connectivity index (χ3v) is 4.71. The smallest absolute Gasteiger partial charge is 0.308 e. The molecule has 4 nitrogen and oxygen atoms in total. The molecule has 0 saturated heterocycles. The lowest BCUT2D eigenvalue weighted by atomic mass is 9.98. The van der Waals surface area contributed by atoms with Gasteiger partial charge in [-0.3, -0.25) is 9.59 Å². The highest BCUT2D eigenvalue weighted by Gasteiger charge is 2.20. The number of thiophene rings is 1. The van der Waals surface area contributed by atoms with E-state index in [4.69, 9.17) is 0 Å². The van der Waals surface area contributed by atoms with E-state index in [0.29, 0.717) is 11.3 Å². The number of carbonyl (C=O) groups is 2. The summed E-state index contributed by atoms with van der Waals surface area (Å²) in [5.41, 5.74) is 3.07. The molecule has 5 heteroatoms. The first-order valence-electron chi connectivity index (χ1n) is 7.64. The Morgan fingerprint density at radius 3 is 2.74 bits per heavy atom. The number of carboxylic acids is 1. The van der Waals surface area contributed by atoms with Gasteiger partial charge in [-0.25, -0.2) is 0 Å². The van der Waals surface area contributed by atoms with Gasteiger partial charge in [-0.15, -0.1) is 11.3 Å². The van der Waals surface area contributed by atoms with Crippen molar-refractivity contribution in [2.45, 2.75) is 26.7 Å². The average Bonchev–Trinajstić information content (AvgIpc) is 2.99. The van der Waals surface area contributed by atoms with E-state index in [0.717, 1.165) is 23.1 Å². The first-order chi connectivity index (χ1) is 11.0. The number of rotatable bonds is 7. The molecule has 0 aliphatic heterocycles. The van der Waals surface area contributed by atoms with E-state index in [1.54, 1.807) is 0 Å². The second-order valence-corrected chi connectivity index (χ2v) is 6.48. The fourth-order valence-electron chi connectivity index (χ4n) is 2.48. The van der Waals surface area contributed by atoms with Crippen LogP contribution in [0.1, 0.15) is 33.3 Å². The molecule has 0 bridgehead atoms. The van der Waals surface area contributed by atoms with Crippen LogP contribution in [0.4, 0.5) is 0 Å². The maximum Gasteiger partial charge on any atom is 0.308 e. The van der Waals surface area contributed by atoms with Crippen LogP contribution in [-0.2, 0) is 17.6 Å². The van der Waals surface area contributed by atoms with Gasteiger partial charge in [0.25, 0.3) is 5.91 Å². The molecular weight excluding hydrogens is 310 g/mol. The summed E-state index contributed by atoms with van der Waals surface area (Å²) in [4.78, 5) is 24.4. The van der Waals surface area contributed by atoms with Gasteiger partial charge in [0, 0.05) is 6.54 Å². The van der Waals surface area contributed by atoms with Crippen LogP contribution in [-0.4, -0.2) is 23.5 Å². The molecule has 0 aliphatic carbocycles. The molecule has 2 N–H and O–H groups in total. The number of hydrogen-bond acceptors (Lipinski definition) is 3. The summed E-state index contributed by atoms with van der Waals surface area (Å²) in [7, 11) is 0. The minimum Gasteiger partial charge on any atom is -0.481 e. The van der Waals surface area contributed by atoms with E-state index in [1.807, 2.05) is 49.6 Å². The number of aryl methyl sites for hydroxylation is 2. The zero-order chi connectivity index (χ0) is 16.8. The number of carbonyl (C=O) groups excluding carboxylic acids is 1. The molecule has 0 aliphatic rings. The lowest BCUT2D eigenvalue weighted by Crippen LogP contribution is -2.34. The maximum atomic E-state index is 12.2. The van der Waals surface area contributed by atoms with E-state index in [9.17, 15) is 14.7 Å². The fourth-order valence-corrected chi connectivity index (χ4v) is 3.39. The molecule has 2 rings (SSSR count). The van der Waals surface area contributed by atoms with Gasteiger partial charge in [0.05, 0.1) is 10.8 Å². The zero-order valence-corrected chi connectivity index (χ0v) is 14.2. The van der Waals surface area contributed by atoms with Crippen LogP contribution in [0.2, 0.25) is 0 Å². The maximum absolute atomic E-state index is 12.2. The molecular formula is C18H21NO3S. The highest BCUT2D eigenvalue weighted by molar-refractivity contribution is 7.12. The second-order valence-electron chi connectivity index (χ2n) is 5.57. The molecule has 2 aromatic rings. The quantitative estimate of drug-likeness (QED) is 0.818. The Balaban J connectivity index is 2.00. The van der Waals surface area contributed by atoms with Crippen LogP contribution in [0.3, 0.4) is 0 Å². The Labute approximate surface area is 140 Å². The first-order valence-corrected chi connectivity index (χ1v) is 8.52. The van der Waals surface area contributed by atoms with Gasteiger partial charge in [0.1, 0.15) is 0 Å². The predicted octanol–water partition coefficient (Wildman–Crippen LogP) is 3.29. The summed E-state index contributed by atoms with van der Waals surface area (Å²) in [5.74, 6) is -1.72. The molecule has 0 radical (unpaired) electrons. The van der Waals surface area contributed by atoms with Crippen molar-refractivity contribution in [2.24, 2.45) is 5.92 Å². The topological polar surface area (TPSA) is 66.4 Å². The van der Waals surface area contributed by atoms with Crippen molar-refractivity contribution in [2.75, 3.05) is 6.54 Å². The lowest BCUT2D eigenvalue weighted by molar-refractivity contribution is -0.141. The average molecular weight is 331 g/mol. The second kappa shape index (κ2) is 7.92. The molecule has 23 heavy (non-hydrogen) atoms. The van der Waals surface area contributed by atoms with Crippen LogP contribution >= 0.6 is 11.3 Å². The Hall–Kier alpha value is -2.14. The van der Waals surface area contributed by atoms with E-state index in [-0.39, 0.29) is 12.5 Å². The third kappa shape index (κ3) is 4.66. The highest BCUT2D eigenvalue weighted by atomic mass is 32.1. The SMILES string of the molecule is CCc1ccsc1C(=O)NCC(Cc1cccc(C)c1)C(=O)O. The summed E-state index contributed by atoms with van der Waals surface area (Å²) in [6, 6.07) is 9.72. The van der Waals surface area contributed by atoms with Crippen molar-refractivity contribution in [3.8, 4) is 0 Å². The molecule has 1 atom stereocenters. The molecule has 122 valence electrons. The molecule has 1 aromatic carbocycles. The van der Waals surface area contributed by atoms with Gasteiger partial charge >= 0.3 is 5.97 Å². The van der Waals surface area contributed by atoms with Gasteiger partial charge in [-0.05, 0) is 42.3 Å². The molecule has 1 aromatic heterocycles. The van der Waals surface area contributed by atoms with E-state index in [1.165, 1.54) is 11.3 Å². The molecule has 1 unspecified atom stereocenters. The zero-order valence-electron chi connectivity index (χ0n) is 13.3. The summed E-state index contributed by atoms with van der Waals surface area (Å²) in [5, 5.41) is 14.1. The van der Waals surface area contributed by atoms with Crippen LogP contribution in [0.5, 0.6) is 0 Å². The van der Waals surface area contributed by atoms with E-state index >= 15 is 0 Å². The number of benzene rings is 1. The number of amides is 1. The molecule has 1 heterocycles. The molecule has 1 amide bonds. The summed E-state index contributed by atoms with van der Waals surface area (Å²) < 4.78 is 0. The molecule has 0 fully saturated rings. The van der Waals surface area contributed by atoms with Crippen LogP contribution in [0.25, 0.3) is 0 Å². The van der Waals surface area contributed by atoms with Gasteiger partial charge in [0.2, 0.25) is 0 Å². The summed E-state index contributed by atoms with van der Waals surface area (Å²) in [6.45, 7) is 4.10. The predicted molar refractivity (Wildman–Crippen MR) is 92.0 cm³/mol. The van der Waals surface area contributed by atoms with Crippen LogP contribution in [0.15, 0.2) is 35.7 Å². The molecule has 0 saturated carbocycles. The largest absolute Gasteiger partial charge is 0.481 e. The first kappa shape index (κ1) is 17.2. The number of hydrogen-bond donors (Lipinski definition) is 2. The normalized spacial score (nSPS) is 11.9. The molecule has 0 spiro atoms. The van der Waals surface area contributed by atoms with Gasteiger partial charge < -0.3 is 10.4 Å². The standard InChI is InChI=1S/C18H21NO3S/c1-3-14-7-8-23-16(14)17(20)19-11-15(18(21)22)10-13-6-4-5-12(2)9-13/h4-9,15H,3,10-11H2,1-2H3,(H,19,20)(H,21,22). The fraction of sp³-hybridized carbons (Fsp3) is 0.333. The Bertz CT molecular complexity index is 693. The highest BCUT2D eigenvalue weighted by Crippen LogP contribution is 2.17. The Kier molecular flexibility index (Phi) is 5.93. The van der Waals surface area contributed by atoms with Crippen molar-refractivity contribution in [1.82, 2.24) is 5.32 Å². The van der Waals surface area contributed by atoms with Crippen LogP contribution in [0, 0.1) is 12.8 Å². The van der Waals surface area contributed by atoms with Gasteiger partial charge in [-0.2, -0.15) is 0 Å². The number of aliphatic carboxylic acids is 1. The van der Waals surface area contributed by atoms with Crippen molar-refractivity contribution >= 4 is 23.2 Å². The minimum absolute atomic E-state index is 0.128. The third-order valence-electron chi connectivity index (χ3n) is 3.76. The lowest BCUT2D eigenvalue weighted by Gasteiger charge is -2.14. The van der Waals surface area contributed by atoms with Crippen molar-refractivity contribution in [3.63, 3.8) is 0 Å². The Morgan fingerprint density at radius 1 is 1.30 bits per heavy atom.